The van der Waals surface area contributed by atoms with Gasteiger partial charge in [0, 0.05) is 22.5 Å². The van der Waals surface area contributed by atoms with Crippen molar-refractivity contribution in [2.45, 2.75) is 31.6 Å². The van der Waals surface area contributed by atoms with E-state index in [1.54, 1.807) is 12.1 Å². The highest BCUT2D eigenvalue weighted by atomic mass is 32.2. The van der Waals surface area contributed by atoms with Crippen LogP contribution in [0.25, 0.3) is 16.5 Å². The molecule has 5 rings (SSSR count). The highest BCUT2D eigenvalue weighted by molar-refractivity contribution is 7.89. The summed E-state index contributed by atoms with van der Waals surface area (Å²) in [5, 5.41) is 12.5. The number of sulfonamides is 1. The van der Waals surface area contributed by atoms with Crippen LogP contribution in [0.5, 0.6) is 0 Å². The fourth-order valence-corrected chi connectivity index (χ4v) is 5.49. The molecule has 4 aromatic rings. The van der Waals surface area contributed by atoms with Crippen molar-refractivity contribution in [2.24, 2.45) is 5.14 Å². The number of anilines is 3. The minimum absolute atomic E-state index is 0.0814. The Morgan fingerprint density at radius 3 is 2.51 bits per heavy atom. The lowest BCUT2D eigenvalue weighted by molar-refractivity contribution is -0.115. The van der Waals surface area contributed by atoms with Gasteiger partial charge in [-0.1, -0.05) is 30.3 Å². The number of carbonyl (C=O) groups excluding carboxylic acids is 1. The van der Waals surface area contributed by atoms with E-state index in [-0.39, 0.29) is 22.9 Å². The van der Waals surface area contributed by atoms with E-state index in [0.717, 1.165) is 46.6 Å². The van der Waals surface area contributed by atoms with E-state index < -0.39 is 10.0 Å². The van der Waals surface area contributed by atoms with Gasteiger partial charge in [0.1, 0.15) is 4.90 Å². The van der Waals surface area contributed by atoms with Gasteiger partial charge in [-0.05, 0) is 85.0 Å². The SMILES string of the molecule is CC1=C(c2ccc3nc(C)cc(Nc4ccc(CC(=O)Nc5ccccc5S(N)(=O)=O)cc4)c3c2)CCOC1. The van der Waals surface area contributed by atoms with E-state index in [1.807, 2.05) is 37.3 Å². The van der Waals surface area contributed by atoms with Crippen LogP contribution in [-0.2, 0) is 26.0 Å². The molecule has 8 nitrogen and oxygen atoms in total. The van der Waals surface area contributed by atoms with Gasteiger partial charge in [0.2, 0.25) is 15.9 Å². The Balaban J connectivity index is 1.34. The van der Waals surface area contributed by atoms with Gasteiger partial charge in [0.15, 0.2) is 0 Å². The van der Waals surface area contributed by atoms with Crippen LogP contribution in [0.4, 0.5) is 17.1 Å². The number of amides is 1. The predicted molar refractivity (Wildman–Crippen MR) is 154 cm³/mol. The van der Waals surface area contributed by atoms with Gasteiger partial charge in [-0.2, -0.15) is 0 Å². The lowest BCUT2D eigenvalue weighted by Crippen LogP contribution is -2.19. The van der Waals surface area contributed by atoms with Crippen molar-refractivity contribution < 1.29 is 17.9 Å². The van der Waals surface area contributed by atoms with E-state index in [4.69, 9.17) is 14.9 Å². The third-order valence-corrected chi connectivity index (χ3v) is 7.65. The molecule has 0 bridgehead atoms. The zero-order valence-corrected chi connectivity index (χ0v) is 22.6. The number of hydrogen-bond donors (Lipinski definition) is 3. The van der Waals surface area contributed by atoms with Crippen molar-refractivity contribution in [2.75, 3.05) is 23.8 Å². The number of aryl methyl sites for hydroxylation is 1. The van der Waals surface area contributed by atoms with Crippen molar-refractivity contribution in [1.82, 2.24) is 4.98 Å². The zero-order chi connectivity index (χ0) is 27.6. The largest absolute Gasteiger partial charge is 0.377 e. The van der Waals surface area contributed by atoms with Crippen LogP contribution in [0, 0.1) is 6.92 Å². The molecule has 0 saturated heterocycles. The number of nitrogens with two attached hydrogens (primary N) is 1. The molecule has 0 radical (unpaired) electrons. The summed E-state index contributed by atoms with van der Waals surface area (Å²) in [6, 6.07) is 22.0. The highest BCUT2D eigenvalue weighted by Gasteiger charge is 2.16. The molecule has 1 aliphatic rings. The second-order valence-electron chi connectivity index (χ2n) is 9.69. The molecule has 0 saturated carbocycles. The molecule has 0 aliphatic carbocycles. The van der Waals surface area contributed by atoms with E-state index in [2.05, 4.69) is 35.8 Å². The maximum absolute atomic E-state index is 12.6. The topological polar surface area (TPSA) is 123 Å². The number of aromatic nitrogens is 1. The average Bonchev–Trinajstić information content (AvgIpc) is 2.89. The Morgan fingerprint density at radius 2 is 1.77 bits per heavy atom. The predicted octanol–water partition coefficient (Wildman–Crippen LogP) is 5.31. The molecule has 39 heavy (non-hydrogen) atoms. The van der Waals surface area contributed by atoms with Gasteiger partial charge in [-0.25, -0.2) is 13.6 Å². The van der Waals surface area contributed by atoms with Crippen molar-refractivity contribution in [3.63, 3.8) is 0 Å². The molecule has 0 atom stereocenters. The minimum Gasteiger partial charge on any atom is -0.377 e. The second kappa shape index (κ2) is 11.0. The molecule has 1 aliphatic heterocycles. The van der Waals surface area contributed by atoms with Gasteiger partial charge in [-0.15, -0.1) is 0 Å². The fourth-order valence-electron chi connectivity index (χ4n) is 4.80. The molecule has 1 amide bonds. The van der Waals surface area contributed by atoms with E-state index >= 15 is 0 Å². The number of pyridine rings is 1. The molecular formula is C30H30N4O4S. The van der Waals surface area contributed by atoms with Gasteiger partial charge in [0.25, 0.3) is 0 Å². The molecular weight excluding hydrogens is 512 g/mol. The number of fused-ring (bicyclic) bond motifs is 1. The first-order valence-electron chi connectivity index (χ1n) is 12.6. The minimum atomic E-state index is -3.95. The molecule has 1 aromatic heterocycles. The van der Waals surface area contributed by atoms with Gasteiger partial charge < -0.3 is 15.4 Å². The summed E-state index contributed by atoms with van der Waals surface area (Å²) in [5.74, 6) is -0.340. The number of primary sulfonamides is 1. The van der Waals surface area contributed by atoms with Gasteiger partial charge in [0.05, 0.1) is 30.8 Å². The van der Waals surface area contributed by atoms with Crippen molar-refractivity contribution in [3.05, 3.63) is 95.2 Å². The molecule has 200 valence electrons. The lowest BCUT2D eigenvalue weighted by Gasteiger charge is -2.19. The maximum Gasteiger partial charge on any atom is 0.240 e. The third kappa shape index (κ3) is 6.17. The molecule has 2 heterocycles. The number of para-hydroxylation sites is 1. The first kappa shape index (κ1) is 26.6. The number of nitrogens with zero attached hydrogens (tertiary/aromatic N) is 1. The Labute approximate surface area is 228 Å². The molecule has 3 aromatic carbocycles. The molecule has 0 unspecified atom stereocenters. The molecule has 0 fully saturated rings. The molecule has 4 N–H and O–H groups in total. The van der Waals surface area contributed by atoms with Crippen LogP contribution in [-0.4, -0.2) is 32.5 Å². The summed E-state index contributed by atoms with van der Waals surface area (Å²) in [5.41, 5.74) is 8.36. The smallest absolute Gasteiger partial charge is 0.240 e. The number of carbonyl (C=O) groups is 1. The third-order valence-electron chi connectivity index (χ3n) is 6.68. The van der Waals surface area contributed by atoms with E-state index in [1.165, 1.54) is 28.8 Å². The Kier molecular flexibility index (Phi) is 7.47. The first-order valence-corrected chi connectivity index (χ1v) is 14.2. The fraction of sp³-hybridized carbons (Fsp3) is 0.200. The van der Waals surface area contributed by atoms with E-state index in [0.29, 0.717) is 6.61 Å². The number of ether oxygens (including phenoxy) is 1. The van der Waals surface area contributed by atoms with E-state index in [9.17, 15) is 13.2 Å². The lowest BCUT2D eigenvalue weighted by atomic mass is 9.95. The van der Waals surface area contributed by atoms with Gasteiger partial charge >= 0.3 is 0 Å². The second-order valence-corrected chi connectivity index (χ2v) is 11.2. The Hall–Kier alpha value is -4.05. The molecule has 9 heteroatoms. The Morgan fingerprint density at radius 1 is 1.00 bits per heavy atom. The van der Waals surface area contributed by atoms with Crippen LogP contribution in [0.1, 0.15) is 30.2 Å². The van der Waals surface area contributed by atoms with Crippen LogP contribution in [0.3, 0.4) is 0 Å². The average molecular weight is 543 g/mol. The van der Waals surface area contributed by atoms with Crippen molar-refractivity contribution in [1.29, 1.82) is 0 Å². The zero-order valence-electron chi connectivity index (χ0n) is 21.8. The van der Waals surface area contributed by atoms with Crippen LogP contribution >= 0.6 is 0 Å². The summed E-state index contributed by atoms with van der Waals surface area (Å²) in [4.78, 5) is 17.2. The monoisotopic (exact) mass is 542 g/mol. The highest BCUT2D eigenvalue weighted by Crippen LogP contribution is 2.32. The quantitative estimate of drug-likeness (QED) is 0.291. The van der Waals surface area contributed by atoms with Crippen molar-refractivity contribution in [3.8, 4) is 0 Å². The van der Waals surface area contributed by atoms with Crippen LogP contribution < -0.4 is 15.8 Å². The van der Waals surface area contributed by atoms with Crippen molar-refractivity contribution >= 4 is 49.5 Å². The summed E-state index contributed by atoms with van der Waals surface area (Å²) in [6.45, 7) is 5.48. The number of rotatable bonds is 7. The number of benzene rings is 3. The van der Waals surface area contributed by atoms with Crippen LogP contribution in [0.15, 0.2) is 83.3 Å². The maximum atomic E-state index is 12.6. The number of hydrogen-bond acceptors (Lipinski definition) is 6. The summed E-state index contributed by atoms with van der Waals surface area (Å²) >= 11 is 0. The standard InChI is InChI=1S/C30H30N4O4S/c1-19-18-38-14-13-24(19)22-9-12-26-25(17-22)28(15-20(2)32-26)33-23-10-7-21(8-11-23)16-30(35)34-27-5-3-4-6-29(27)39(31,36)37/h3-12,15,17H,13-14,16,18H2,1-2H3,(H,32,33)(H,34,35)(H2,31,36,37). The summed E-state index contributed by atoms with van der Waals surface area (Å²) in [7, 11) is -3.95. The molecule has 0 spiro atoms. The summed E-state index contributed by atoms with van der Waals surface area (Å²) < 4.78 is 29.2. The number of nitrogens with one attached hydrogen (secondary N) is 2. The normalized spacial score (nSPS) is 13.9. The van der Waals surface area contributed by atoms with Crippen LogP contribution in [0.2, 0.25) is 0 Å². The summed E-state index contributed by atoms with van der Waals surface area (Å²) in [6.07, 6.45) is 0.972. The first-order chi connectivity index (χ1) is 18.7. The Bertz CT molecular complexity index is 1700. The van der Waals surface area contributed by atoms with Gasteiger partial charge in [-0.3, -0.25) is 9.78 Å².